The minimum atomic E-state index is 0.0917. The molecule has 0 saturated heterocycles. The van der Waals surface area contributed by atoms with Crippen LogP contribution in [0.25, 0.3) is 0 Å². The standard InChI is InChI=1S/C19H25N/c1-15-10-6-8-12-17(15)14-20(19(3,4)5)18-13-9-7-11-16(18)2/h6-13H,14H2,1-5H3. The van der Waals surface area contributed by atoms with Crippen LogP contribution in [0.5, 0.6) is 0 Å². The predicted octanol–water partition coefficient (Wildman–Crippen LogP) is 5.11. The summed E-state index contributed by atoms with van der Waals surface area (Å²) >= 11 is 0. The van der Waals surface area contributed by atoms with Crippen LogP contribution in [-0.2, 0) is 6.54 Å². The molecule has 0 spiro atoms. The Morgan fingerprint density at radius 3 is 1.90 bits per heavy atom. The number of aryl methyl sites for hydroxylation is 2. The smallest absolute Gasteiger partial charge is 0.0437 e. The Bertz CT molecular complexity index is 578. The number of hydrogen-bond donors (Lipinski definition) is 0. The van der Waals surface area contributed by atoms with Gasteiger partial charge in [-0.05, 0) is 57.4 Å². The van der Waals surface area contributed by atoms with Gasteiger partial charge in [-0.2, -0.15) is 0 Å². The number of para-hydroxylation sites is 1. The third-order valence-corrected chi connectivity index (χ3v) is 3.81. The van der Waals surface area contributed by atoms with E-state index in [1.807, 2.05) is 0 Å². The van der Waals surface area contributed by atoms with Crippen LogP contribution in [0.3, 0.4) is 0 Å². The Balaban J connectivity index is 2.40. The lowest BCUT2D eigenvalue weighted by Gasteiger charge is -2.39. The van der Waals surface area contributed by atoms with Crippen LogP contribution in [0, 0.1) is 13.8 Å². The molecule has 0 atom stereocenters. The van der Waals surface area contributed by atoms with E-state index in [-0.39, 0.29) is 5.54 Å². The molecule has 1 heteroatoms. The van der Waals surface area contributed by atoms with Gasteiger partial charge in [0.2, 0.25) is 0 Å². The molecule has 106 valence electrons. The van der Waals surface area contributed by atoms with Gasteiger partial charge in [0.15, 0.2) is 0 Å². The van der Waals surface area contributed by atoms with Crippen LogP contribution < -0.4 is 4.90 Å². The summed E-state index contributed by atoms with van der Waals surface area (Å²) in [4.78, 5) is 2.49. The molecule has 0 radical (unpaired) electrons. The molecule has 0 fully saturated rings. The Labute approximate surface area is 123 Å². The monoisotopic (exact) mass is 267 g/mol. The highest BCUT2D eigenvalue weighted by Crippen LogP contribution is 2.29. The summed E-state index contributed by atoms with van der Waals surface area (Å²) in [5.41, 5.74) is 5.49. The van der Waals surface area contributed by atoms with Crippen molar-refractivity contribution in [3.8, 4) is 0 Å². The molecule has 0 unspecified atom stereocenters. The first-order valence-corrected chi connectivity index (χ1v) is 7.27. The van der Waals surface area contributed by atoms with E-state index >= 15 is 0 Å². The molecule has 0 saturated carbocycles. The van der Waals surface area contributed by atoms with Crippen LogP contribution in [0.4, 0.5) is 5.69 Å². The van der Waals surface area contributed by atoms with Gasteiger partial charge >= 0.3 is 0 Å². The predicted molar refractivity (Wildman–Crippen MR) is 88.3 cm³/mol. The summed E-state index contributed by atoms with van der Waals surface area (Å²) in [5, 5.41) is 0. The van der Waals surface area contributed by atoms with Crippen molar-refractivity contribution in [2.75, 3.05) is 4.90 Å². The van der Waals surface area contributed by atoms with Gasteiger partial charge in [0.25, 0.3) is 0 Å². The van der Waals surface area contributed by atoms with E-state index in [1.165, 1.54) is 22.4 Å². The van der Waals surface area contributed by atoms with Gasteiger partial charge in [0.1, 0.15) is 0 Å². The van der Waals surface area contributed by atoms with E-state index in [9.17, 15) is 0 Å². The molecule has 2 aromatic rings. The topological polar surface area (TPSA) is 3.24 Å². The van der Waals surface area contributed by atoms with Gasteiger partial charge in [0.05, 0.1) is 0 Å². The van der Waals surface area contributed by atoms with Crippen molar-refractivity contribution < 1.29 is 0 Å². The number of hydrogen-bond acceptors (Lipinski definition) is 1. The first-order valence-electron chi connectivity index (χ1n) is 7.27. The van der Waals surface area contributed by atoms with Crippen molar-refractivity contribution in [3.63, 3.8) is 0 Å². The quantitative estimate of drug-likeness (QED) is 0.747. The molecule has 0 heterocycles. The van der Waals surface area contributed by atoms with Gasteiger partial charge in [0, 0.05) is 17.8 Å². The summed E-state index contributed by atoms with van der Waals surface area (Å²) in [5.74, 6) is 0. The van der Waals surface area contributed by atoms with Gasteiger partial charge in [-0.1, -0.05) is 42.5 Å². The Hall–Kier alpha value is -1.76. The second kappa shape index (κ2) is 5.70. The Morgan fingerprint density at radius 2 is 1.35 bits per heavy atom. The zero-order valence-electron chi connectivity index (χ0n) is 13.3. The van der Waals surface area contributed by atoms with E-state index < -0.39 is 0 Å². The summed E-state index contributed by atoms with van der Waals surface area (Å²) in [6, 6.07) is 17.3. The van der Waals surface area contributed by atoms with E-state index in [2.05, 4.69) is 88.0 Å². The first kappa shape index (κ1) is 14.6. The lowest BCUT2D eigenvalue weighted by Crippen LogP contribution is -2.41. The molecule has 2 aromatic carbocycles. The average molecular weight is 267 g/mol. The van der Waals surface area contributed by atoms with Gasteiger partial charge in [-0.25, -0.2) is 0 Å². The average Bonchev–Trinajstić information content (AvgIpc) is 2.38. The fraction of sp³-hybridized carbons (Fsp3) is 0.368. The van der Waals surface area contributed by atoms with E-state index in [1.54, 1.807) is 0 Å². The lowest BCUT2D eigenvalue weighted by atomic mass is 10.00. The fourth-order valence-corrected chi connectivity index (χ4v) is 2.51. The normalized spacial score (nSPS) is 11.4. The van der Waals surface area contributed by atoms with Crippen LogP contribution in [0.1, 0.15) is 37.5 Å². The number of anilines is 1. The van der Waals surface area contributed by atoms with E-state index in [0.717, 1.165) is 6.54 Å². The van der Waals surface area contributed by atoms with Crippen LogP contribution in [0.2, 0.25) is 0 Å². The largest absolute Gasteiger partial charge is 0.362 e. The van der Waals surface area contributed by atoms with Crippen molar-refractivity contribution in [2.24, 2.45) is 0 Å². The number of rotatable bonds is 3. The Kier molecular flexibility index (Phi) is 4.17. The van der Waals surface area contributed by atoms with Gasteiger partial charge in [-0.15, -0.1) is 0 Å². The van der Waals surface area contributed by atoms with E-state index in [4.69, 9.17) is 0 Å². The highest BCUT2D eigenvalue weighted by Gasteiger charge is 2.23. The van der Waals surface area contributed by atoms with Crippen LogP contribution >= 0.6 is 0 Å². The van der Waals surface area contributed by atoms with Crippen molar-refractivity contribution >= 4 is 5.69 Å². The van der Waals surface area contributed by atoms with Gasteiger partial charge in [-0.3, -0.25) is 0 Å². The maximum atomic E-state index is 2.49. The third-order valence-electron chi connectivity index (χ3n) is 3.81. The van der Waals surface area contributed by atoms with E-state index in [0.29, 0.717) is 0 Å². The minimum Gasteiger partial charge on any atom is -0.362 e. The highest BCUT2D eigenvalue weighted by molar-refractivity contribution is 5.55. The second-order valence-electron chi connectivity index (χ2n) is 6.47. The number of nitrogens with zero attached hydrogens (tertiary/aromatic N) is 1. The molecule has 0 amide bonds. The van der Waals surface area contributed by atoms with Crippen molar-refractivity contribution in [1.29, 1.82) is 0 Å². The highest BCUT2D eigenvalue weighted by atomic mass is 15.2. The van der Waals surface area contributed by atoms with Crippen molar-refractivity contribution in [3.05, 3.63) is 65.2 Å². The third kappa shape index (κ3) is 3.22. The minimum absolute atomic E-state index is 0.0917. The SMILES string of the molecule is Cc1ccccc1CN(c1ccccc1C)C(C)(C)C. The summed E-state index contributed by atoms with van der Waals surface area (Å²) in [7, 11) is 0. The molecule has 0 N–H and O–H groups in total. The number of benzene rings is 2. The molecule has 20 heavy (non-hydrogen) atoms. The van der Waals surface area contributed by atoms with Crippen molar-refractivity contribution in [2.45, 2.75) is 46.7 Å². The first-order chi connectivity index (χ1) is 9.39. The molecule has 1 nitrogen and oxygen atoms in total. The molecule has 0 bridgehead atoms. The zero-order chi connectivity index (χ0) is 14.8. The molecular formula is C19H25N. The Morgan fingerprint density at radius 1 is 0.800 bits per heavy atom. The summed E-state index contributed by atoms with van der Waals surface area (Å²) in [6.45, 7) is 12.1. The maximum Gasteiger partial charge on any atom is 0.0437 e. The molecule has 0 aliphatic heterocycles. The molecule has 0 aliphatic carbocycles. The second-order valence-corrected chi connectivity index (χ2v) is 6.47. The fourth-order valence-electron chi connectivity index (χ4n) is 2.51. The van der Waals surface area contributed by atoms with Crippen LogP contribution in [-0.4, -0.2) is 5.54 Å². The lowest BCUT2D eigenvalue weighted by molar-refractivity contribution is 0.499. The maximum absolute atomic E-state index is 2.49. The molecule has 0 aromatic heterocycles. The molecule has 0 aliphatic rings. The van der Waals surface area contributed by atoms with Crippen LogP contribution in [0.15, 0.2) is 48.5 Å². The molecule has 2 rings (SSSR count). The molecular weight excluding hydrogens is 242 g/mol. The summed E-state index contributed by atoms with van der Waals surface area (Å²) < 4.78 is 0. The van der Waals surface area contributed by atoms with Crippen molar-refractivity contribution in [1.82, 2.24) is 0 Å². The van der Waals surface area contributed by atoms with Gasteiger partial charge < -0.3 is 4.90 Å². The summed E-state index contributed by atoms with van der Waals surface area (Å²) in [6.07, 6.45) is 0. The zero-order valence-corrected chi connectivity index (χ0v) is 13.3.